The molecule has 2 heterocycles. The van der Waals surface area contributed by atoms with Crippen LogP contribution in [0.1, 0.15) is 25.7 Å². The van der Waals surface area contributed by atoms with Crippen LogP contribution in [0.3, 0.4) is 0 Å². The van der Waals surface area contributed by atoms with Gasteiger partial charge in [0.1, 0.15) is 6.61 Å². The number of ether oxygens (including phenoxy) is 1. The van der Waals surface area contributed by atoms with E-state index in [0.29, 0.717) is 12.8 Å². The lowest BCUT2D eigenvalue weighted by molar-refractivity contribution is -0.158. The molecule has 0 aromatic rings. The van der Waals surface area contributed by atoms with Gasteiger partial charge in [0.25, 0.3) is 0 Å². The molecule has 0 spiro atoms. The fourth-order valence-electron chi connectivity index (χ4n) is 2.79. The third-order valence-electron chi connectivity index (χ3n) is 3.84. The van der Waals surface area contributed by atoms with E-state index in [-0.39, 0.29) is 19.2 Å². The molecule has 3 aliphatic rings. The van der Waals surface area contributed by atoms with Gasteiger partial charge in [-0.25, -0.2) is 4.79 Å². The summed E-state index contributed by atoms with van der Waals surface area (Å²) in [5.41, 5.74) is -0.748. The first-order valence-corrected chi connectivity index (χ1v) is 5.87. The quantitative estimate of drug-likeness (QED) is 0.760. The van der Waals surface area contributed by atoms with Crippen molar-refractivity contribution in [1.29, 1.82) is 0 Å². The molecule has 0 atom stereocenters. The molecule has 0 radical (unpaired) electrons. The lowest BCUT2D eigenvalue weighted by Gasteiger charge is -2.49. The fraction of sp³-hybridized carbons (Fsp3) is 0.667. The van der Waals surface area contributed by atoms with Gasteiger partial charge in [-0.3, -0.25) is 4.79 Å². The van der Waals surface area contributed by atoms with Crippen LogP contribution in [0.15, 0.2) is 12.7 Å². The van der Waals surface area contributed by atoms with Crippen molar-refractivity contribution in [1.82, 2.24) is 4.90 Å². The summed E-state index contributed by atoms with van der Waals surface area (Å²) in [7, 11) is 0. The molecule has 1 amide bonds. The van der Waals surface area contributed by atoms with Gasteiger partial charge in [-0.2, -0.15) is 0 Å². The zero-order valence-electron chi connectivity index (χ0n) is 9.72. The molecule has 2 aliphatic heterocycles. The van der Waals surface area contributed by atoms with Crippen LogP contribution in [0.2, 0.25) is 0 Å². The molecule has 2 saturated heterocycles. The monoisotopic (exact) mass is 239 g/mol. The van der Waals surface area contributed by atoms with E-state index in [1.807, 2.05) is 0 Å². The van der Waals surface area contributed by atoms with Crippen LogP contribution >= 0.6 is 0 Å². The number of hydrogen-bond donors (Lipinski definition) is 1. The van der Waals surface area contributed by atoms with Crippen molar-refractivity contribution in [3.05, 3.63) is 12.7 Å². The summed E-state index contributed by atoms with van der Waals surface area (Å²) in [5.74, 6) is -0.794. The van der Waals surface area contributed by atoms with Crippen LogP contribution < -0.4 is 0 Å². The minimum absolute atomic E-state index is 0.147. The van der Waals surface area contributed by atoms with Crippen LogP contribution in [-0.2, 0) is 9.53 Å². The first-order valence-electron chi connectivity index (χ1n) is 5.87. The summed E-state index contributed by atoms with van der Waals surface area (Å²) >= 11 is 0. The van der Waals surface area contributed by atoms with Crippen molar-refractivity contribution < 1.29 is 19.4 Å². The van der Waals surface area contributed by atoms with E-state index in [0.717, 1.165) is 12.8 Å². The van der Waals surface area contributed by atoms with E-state index in [2.05, 4.69) is 6.58 Å². The van der Waals surface area contributed by atoms with E-state index in [4.69, 9.17) is 4.74 Å². The molecule has 2 bridgehead atoms. The Morgan fingerprint density at radius 3 is 2.65 bits per heavy atom. The molecular weight excluding hydrogens is 222 g/mol. The minimum atomic E-state index is -0.794. The first-order chi connectivity index (χ1) is 8.09. The molecule has 94 valence electrons. The number of carbonyl (C=O) groups excluding carboxylic acids is 1. The normalized spacial score (nSPS) is 31.1. The van der Waals surface area contributed by atoms with Gasteiger partial charge in [-0.1, -0.05) is 12.7 Å². The molecule has 5 heteroatoms. The Balaban J connectivity index is 2.08. The third-order valence-corrected chi connectivity index (χ3v) is 3.84. The molecule has 3 rings (SSSR count). The number of nitrogens with zero attached hydrogens (tertiary/aromatic N) is 1. The minimum Gasteiger partial charge on any atom is -0.481 e. The Morgan fingerprint density at radius 2 is 2.12 bits per heavy atom. The van der Waals surface area contributed by atoms with Gasteiger partial charge in [0.2, 0.25) is 0 Å². The number of fused-ring (bicyclic) bond motifs is 3. The number of piperidine rings is 2. The largest absolute Gasteiger partial charge is 0.481 e. The van der Waals surface area contributed by atoms with Gasteiger partial charge < -0.3 is 14.7 Å². The lowest BCUT2D eigenvalue weighted by atomic mass is 9.68. The van der Waals surface area contributed by atoms with Gasteiger partial charge >= 0.3 is 12.1 Å². The van der Waals surface area contributed by atoms with Crippen LogP contribution in [0.5, 0.6) is 0 Å². The van der Waals surface area contributed by atoms with Crippen molar-refractivity contribution in [3.8, 4) is 0 Å². The van der Waals surface area contributed by atoms with E-state index < -0.39 is 17.5 Å². The average molecular weight is 239 g/mol. The van der Waals surface area contributed by atoms with Crippen LogP contribution in [0.25, 0.3) is 0 Å². The molecule has 17 heavy (non-hydrogen) atoms. The highest BCUT2D eigenvalue weighted by molar-refractivity contribution is 5.77. The highest BCUT2D eigenvalue weighted by Gasteiger charge is 2.51. The van der Waals surface area contributed by atoms with Crippen molar-refractivity contribution in [3.63, 3.8) is 0 Å². The Kier molecular flexibility index (Phi) is 3.09. The number of aliphatic carboxylic acids is 1. The second-order valence-electron chi connectivity index (χ2n) is 4.81. The second kappa shape index (κ2) is 4.39. The number of amides is 1. The van der Waals surface area contributed by atoms with Crippen molar-refractivity contribution in [2.24, 2.45) is 5.41 Å². The first kappa shape index (κ1) is 12.0. The maximum Gasteiger partial charge on any atom is 0.410 e. The molecule has 0 unspecified atom stereocenters. The number of rotatable bonds is 3. The van der Waals surface area contributed by atoms with Crippen molar-refractivity contribution in [2.75, 3.05) is 13.2 Å². The summed E-state index contributed by atoms with van der Waals surface area (Å²) < 4.78 is 4.98. The molecule has 1 aliphatic carbocycles. The summed E-state index contributed by atoms with van der Waals surface area (Å²) in [5, 5.41) is 9.29. The summed E-state index contributed by atoms with van der Waals surface area (Å²) in [4.78, 5) is 24.7. The molecule has 1 N–H and O–H groups in total. The number of carbonyl (C=O) groups is 2. The summed E-state index contributed by atoms with van der Waals surface area (Å²) in [6.45, 7) is 3.93. The van der Waals surface area contributed by atoms with Gasteiger partial charge in [-0.05, 0) is 25.7 Å². The summed E-state index contributed by atoms with van der Waals surface area (Å²) in [6, 6.07) is 0.147. The van der Waals surface area contributed by atoms with Gasteiger partial charge in [0.05, 0.1) is 5.41 Å². The second-order valence-corrected chi connectivity index (χ2v) is 4.81. The lowest BCUT2D eigenvalue weighted by Crippen LogP contribution is -2.58. The molecular formula is C12H17NO4. The fourth-order valence-corrected chi connectivity index (χ4v) is 2.79. The van der Waals surface area contributed by atoms with Gasteiger partial charge in [0.15, 0.2) is 0 Å². The predicted molar refractivity (Wildman–Crippen MR) is 60.6 cm³/mol. The maximum absolute atomic E-state index is 11.8. The highest BCUT2D eigenvalue weighted by Crippen LogP contribution is 2.44. The van der Waals surface area contributed by atoms with E-state index in [1.165, 1.54) is 6.08 Å². The van der Waals surface area contributed by atoms with E-state index in [9.17, 15) is 14.7 Å². The standard InChI is InChI=1S/C12H17NO4/c1-2-7-17-11(16)13-8-12(10(14)15)5-3-9(13)4-6-12/h2,9H,1,3-8H2,(H,14,15). The molecule has 1 saturated carbocycles. The Labute approximate surface area is 100 Å². The number of hydrogen-bond acceptors (Lipinski definition) is 3. The molecule has 0 aromatic carbocycles. The van der Waals surface area contributed by atoms with E-state index >= 15 is 0 Å². The zero-order valence-corrected chi connectivity index (χ0v) is 9.72. The van der Waals surface area contributed by atoms with Crippen LogP contribution in [0.4, 0.5) is 4.79 Å². The summed E-state index contributed by atoms with van der Waals surface area (Å²) in [6.07, 6.45) is 3.94. The van der Waals surface area contributed by atoms with Crippen LogP contribution in [-0.4, -0.2) is 41.3 Å². The third kappa shape index (κ3) is 2.01. The Hall–Kier alpha value is -1.52. The Bertz CT molecular complexity index is 344. The number of carboxylic acid groups (broad SMARTS) is 1. The predicted octanol–water partition coefficient (Wildman–Crippen LogP) is 1.64. The topological polar surface area (TPSA) is 66.8 Å². The van der Waals surface area contributed by atoms with Gasteiger partial charge in [0, 0.05) is 12.6 Å². The van der Waals surface area contributed by atoms with Crippen molar-refractivity contribution >= 4 is 12.1 Å². The molecule has 0 aromatic heterocycles. The number of carboxylic acids is 1. The SMILES string of the molecule is C=CCOC(=O)N1CC2(C(=O)O)CCC1CC2. The maximum atomic E-state index is 11.8. The smallest absolute Gasteiger partial charge is 0.410 e. The van der Waals surface area contributed by atoms with Gasteiger partial charge in [-0.15, -0.1) is 0 Å². The molecule has 5 nitrogen and oxygen atoms in total. The van der Waals surface area contributed by atoms with Crippen LogP contribution in [0, 0.1) is 5.41 Å². The van der Waals surface area contributed by atoms with E-state index in [1.54, 1.807) is 4.90 Å². The molecule has 3 fully saturated rings. The average Bonchev–Trinajstić information content (AvgIpc) is 2.37. The highest BCUT2D eigenvalue weighted by atomic mass is 16.6. The van der Waals surface area contributed by atoms with Crippen molar-refractivity contribution in [2.45, 2.75) is 31.7 Å². The zero-order chi connectivity index (χ0) is 12.5. The Morgan fingerprint density at radius 1 is 1.47 bits per heavy atom.